The van der Waals surface area contributed by atoms with Crippen LogP contribution in [-0.4, -0.2) is 167 Å². The first-order valence-corrected chi connectivity index (χ1v) is 11.5. The molecule has 15 atom stereocenters. The van der Waals surface area contributed by atoms with Gasteiger partial charge in [-0.1, -0.05) is 0 Å². The number of aliphatic hydroxyl groups excluding tert-OH is 8. The van der Waals surface area contributed by atoms with E-state index in [2.05, 4.69) is 0 Å². The van der Waals surface area contributed by atoms with E-state index in [1.54, 1.807) is 0 Å². The number of rotatable bonds is 9. The van der Waals surface area contributed by atoms with Crippen LogP contribution in [0, 0.1) is 0 Å². The fraction of sp³-hybridized carbons (Fsp3) is 1.00. The van der Waals surface area contributed by atoms with Crippen LogP contribution < -0.4 is 0 Å². The molecule has 4 aliphatic heterocycles. The van der Waals surface area contributed by atoms with Crippen LogP contribution in [0.3, 0.4) is 0 Å². The minimum Gasteiger partial charge on any atom is -0.394 e. The van der Waals surface area contributed by atoms with E-state index in [9.17, 15) is 40.9 Å². The van der Waals surface area contributed by atoms with Gasteiger partial charge in [0.2, 0.25) is 0 Å². The molecule has 0 aromatic rings. The normalized spacial score (nSPS) is 51.4. The van der Waals surface area contributed by atoms with Gasteiger partial charge in [-0.2, -0.15) is 0 Å². The molecule has 4 saturated heterocycles. The third kappa shape index (κ3) is 5.41. The zero-order valence-electron chi connectivity index (χ0n) is 19.3. The molecule has 14 unspecified atom stereocenters. The maximum absolute atomic E-state index is 10.9. The number of hydrogen-bond acceptors (Lipinski definition) is 16. The van der Waals surface area contributed by atoms with Crippen molar-refractivity contribution in [3.8, 4) is 0 Å². The molecule has 0 bridgehead atoms. The number of methoxy groups -OCH3 is 1. The van der Waals surface area contributed by atoms with Crippen molar-refractivity contribution in [2.75, 3.05) is 33.7 Å². The molecule has 0 saturated carbocycles. The summed E-state index contributed by atoms with van der Waals surface area (Å²) in [5.74, 6) is 0. The average Bonchev–Trinajstić information content (AvgIpc) is 2.85. The number of aliphatic hydroxyl groups is 8. The molecule has 0 spiro atoms. The molecule has 8 N–H and O–H groups in total. The van der Waals surface area contributed by atoms with Crippen molar-refractivity contribution >= 4 is 0 Å². The Bertz CT molecular complexity index is 701. The molecule has 4 rings (SSSR count). The fourth-order valence-electron chi connectivity index (χ4n) is 4.56. The molecule has 210 valence electrons. The van der Waals surface area contributed by atoms with Crippen LogP contribution in [-0.2, 0) is 37.9 Å². The molecule has 16 nitrogen and oxygen atoms in total. The van der Waals surface area contributed by atoms with E-state index in [1.165, 1.54) is 7.11 Å². The summed E-state index contributed by atoms with van der Waals surface area (Å²) in [7, 11) is 1.33. The maximum Gasteiger partial charge on any atom is 0.189 e. The molecule has 0 aliphatic carbocycles. The van der Waals surface area contributed by atoms with E-state index in [0.717, 1.165) is 0 Å². The summed E-state index contributed by atoms with van der Waals surface area (Å²) in [6.45, 7) is -1.54. The highest BCUT2D eigenvalue weighted by molar-refractivity contribution is 4.98. The molecular formula is C20H34O16. The van der Waals surface area contributed by atoms with E-state index in [-0.39, 0.29) is 13.4 Å². The van der Waals surface area contributed by atoms with Gasteiger partial charge in [0.15, 0.2) is 18.9 Å². The van der Waals surface area contributed by atoms with Crippen molar-refractivity contribution in [1.82, 2.24) is 0 Å². The van der Waals surface area contributed by atoms with Crippen LogP contribution in [0.2, 0.25) is 0 Å². The Hall–Kier alpha value is -0.640. The Morgan fingerprint density at radius 3 is 1.69 bits per heavy atom. The summed E-state index contributed by atoms with van der Waals surface area (Å²) in [5, 5.41) is 82.6. The van der Waals surface area contributed by atoms with Crippen molar-refractivity contribution < 1.29 is 78.7 Å². The topological polar surface area (TPSA) is 236 Å². The molecule has 16 heteroatoms. The van der Waals surface area contributed by atoms with Crippen LogP contribution in [0.25, 0.3) is 0 Å². The predicted octanol–water partition coefficient (Wildman–Crippen LogP) is -5.90. The van der Waals surface area contributed by atoms with Gasteiger partial charge < -0.3 is 78.7 Å². The van der Waals surface area contributed by atoms with Crippen LogP contribution in [0.15, 0.2) is 0 Å². The molecule has 0 amide bonds. The van der Waals surface area contributed by atoms with Crippen molar-refractivity contribution in [3.05, 3.63) is 0 Å². The third-order valence-corrected chi connectivity index (χ3v) is 6.67. The molecule has 0 aromatic carbocycles. The molecule has 0 radical (unpaired) electrons. The van der Waals surface area contributed by atoms with Crippen molar-refractivity contribution in [3.63, 3.8) is 0 Å². The van der Waals surface area contributed by atoms with Gasteiger partial charge in [-0.15, -0.1) is 0 Å². The van der Waals surface area contributed by atoms with Gasteiger partial charge in [-0.3, -0.25) is 0 Å². The lowest BCUT2D eigenvalue weighted by molar-refractivity contribution is -0.394. The quantitative estimate of drug-likeness (QED) is 0.130. The molecule has 0 aromatic heterocycles. The Labute approximate surface area is 205 Å². The molecule has 4 fully saturated rings. The Morgan fingerprint density at radius 2 is 1.19 bits per heavy atom. The summed E-state index contributed by atoms with van der Waals surface area (Å²) < 4.78 is 42.7. The second-order valence-electron chi connectivity index (χ2n) is 9.01. The maximum atomic E-state index is 10.9. The van der Waals surface area contributed by atoms with E-state index in [4.69, 9.17) is 37.9 Å². The molecule has 36 heavy (non-hydrogen) atoms. The highest BCUT2D eigenvalue weighted by Gasteiger charge is 2.55. The smallest absolute Gasteiger partial charge is 0.189 e. The van der Waals surface area contributed by atoms with Gasteiger partial charge in [0, 0.05) is 7.11 Å². The zero-order valence-corrected chi connectivity index (χ0v) is 19.3. The lowest BCUT2D eigenvalue weighted by Gasteiger charge is -2.50. The molecule has 4 aliphatic rings. The van der Waals surface area contributed by atoms with Gasteiger partial charge in [-0.25, -0.2) is 0 Å². The van der Waals surface area contributed by atoms with Gasteiger partial charge in [-0.05, 0) is 0 Å². The minimum atomic E-state index is -1.79. The Kier molecular flexibility index (Phi) is 9.49. The summed E-state index contributed by atoms with van der Waals surface area (Å²) in [5.41, 5.74) is 0. The first-order chi connectivity index (χ1) is 17.2. The van der Waals surface area contributed by atoms with Crippen molar-refractivity contribution in [1.29, 1.82) is 0 Å². The van der Waals surface area contributed by atoms with Gasteiger partial charge in [0.1, 0.15) is 80.0 Å². The predicted molar refractivity (Wildman–Crippen MR) is 109 cm³/mol. The fourth-order valence-corrected chi connectivity index (χ4v) is 4.56. The van der Waals surface area contributed by atoms with Gasteiger partial charge >= 0.3 is 0 Å². The Balaban J connectivity index is 1.49. The first kappa shape index (κ1) is 28.4. The van der Waals surface area contributed by atoms with Crippen LogP contribution in [0.4, 0.5) is 0 Å². The van der Waals surface area contributed by atoms with Gasteiger partial charge in [0.25, 0.3) is 0 Å². The highest BCUT2D eigenvalue weighted by atomic mass is 16.8. The summed E-state index contributed by atoms with van der Waals surface area (Å²) >= 11 is 0. The zero-order chi connectivity index (χ0) is 26.1. The largest absolute Gasteiger partial charge is 0.394 e. The number of hydrogen-bond donors (Lipinski definition) is 8. The second-order valence-corrected chi connectivity index (χ2v) is 9.01. The summed E-state index contributed by atoms with van der Waals surface area (Å²) in [4.78, 5) is 0. The lowest BCUT2D eigenvalue weighted by atomic mass is 9.94. The van der Waals surface area contributed by atoms with E-state index < -0.39 is 105 Å². The van der Waals surface area contributed by atoms with Crippen molar-refractivity contribution in [2.24, 2.45) is 0 Å². The Morgan fingerprint density at radius 1 is 0.667 bits per heavy atom. The highest BCUT2D eigenvalue weighted by Crippen LogP contribution is 2.35. The number of fused-ring (bicyclic) bond motifs is 1. The summed E-state index contributed by atoms with van der Waals surface area (Å²) in [6, 6.07) is 0. The average molecular weight is 530 g/mol. The first-order valence-electron chi connectivity index (χ1n) is 11.5. The van der Waals surface area contributed by atoms with Crippen LogP contribution >= 0.6 is 0 Å². The minimum absolute atomic E-state index is 0.149. The monoisotopic (exact) mass is 530 g/mol. The third-order valence-electron chi connectivity index (χ3n) is 6.67. The van der Waals surface area contributed by atoms with Crippen LogP contribution in [0.1, 0.15) is 0 Å². The number of ether oxygens (including phenoxy) is 8. The molecular weight excluding hydrogens is 496 g/mol. The SMILES string of the molecule is COCOC1OC(CO)C(O)[C@H](OC2OC(CO)C(O)C(OC3OC4COC4C(O)C3O)C2O)C1O. The van der Waals surface area contributed by atoms with E-state index in [0.29, 0.717) is 0 Å². The second kappa shape index (κ2) is 12.0. The van der Waals surface area contributed by atoms with Crippen LogP contribution in [0.5, 0.6) is 0 Å². The van der Waals surface area contributed by atoms with Crippen molar-refractivity contribution in [2.45, 2.75) is 92.1 Å². The standard InChI is InChI=1S/C20H34O16/c1-29-5-31-18-13(27)16(9(23)6(2-21)32-18)36-20-14(28)17(10(24)7(3-22)33-20)35-19-12(26)11(25)15-8(34-19)4-30-15/h6-28H,2-5H2,1H3/t6?,7?,8?,9?,10?,11?,12?,13?,14?,15?,16-,17?,18?,19?,20?/m0/s1. The van der Waals surface area contributed by atoms with E-state index >= 15 is 0 Å². The van der Waals surface area contributed by atoms with E-state index in [1.807, 2.05) is 0 Å². The summed E-state index contributed by atoms with van der Waals surface area (Å²) in [6.07, 6.45) is -21.1. The molecule has 4 heterocycles. The lowest BCUT2D eigenvalue weighted by Crippen LogP contribution is -2.68. The van der Waals surface area contributed by atoms with Gasteiger partial charge in [0.05, 0.1) is 19.8 Å².